The maximum atomic E-state index is 9.83. The van der Waals surface area contributed by atoms with E-state index >= 15 is 0 Å². The van der Waals surface area contributed by atoms with E-state index < -0.39 is 0 Å². The average Bonchev–Trinajstić information content (AvgIpc) is 2.18. The average molecular weight is 215 g/mol. The molecule has 0 aliphatic carbocycles. The van der Waals surface area contributed by atoms with E-state index in [4.69, 9.17) is 4.74 Å². The molecule has 0 aromatic heterocycles. The SMILES string of the molecule is CC(C)(C)C(O)CNCC1CCOCC1. The van der Waals surface area contributed by atoms with Gasteiger partial charge in [0.2, 0.25) is 0 Å². The minimum atomic E-state index is -0.266. The molecule has 0 saturated carbocycles. The molecule has 3 heteroatoms. The summed E-state index contributed by atoms with van der Waals surface area (Å²) in [6.45, 7) is 9.69. The van der Waals surface area contributed by atoms with Gasteiger partial charge in [-0.1, -0.05) is 20.8 Å². The van der Waals surface area contributed by atoms with Gasteiger partial charge in [0.05, 0.1) is 6.10 Å². The van der Waals surface area contributed by atoms with Crippen molar-refractivity contribution in [1.82, 2.24) is 5.32 Å². The fourth-order valence-electron chi connectivity index (χ4n) is 1.68. The van der Waals surface area contributed by atoms with Gasteiger partial charge < -0.3 is 15.2 Å². The number of rotatable bonds is 4. The fourth-order valence-corrected chi connectivity index (χ4v) is 1.68. The Morgan fingerprint density at radius 3 is 2.47 bits per heavy atom. The third-order valence-corrected chi connectivity index (χ3v) is 3.11. The summed E-state index contributed by atoms with van der Waals surface area (Å²) in [6.07, 6.45) is 2.04. The van der Waals surface area contributed by atoms with Crippen LogP contribution in [0.5, 0.6) is 0 Å². The van der Waals surface area contributed by atoms with E-state index in [0.29, 0.717) is 6.54 Å². The molecule has 0 radical (unpaired) electrons. The molecule has 1 heterocycles. The molecule has 0 amide bonds. The van der Waals surface area contributed by atoms with Gasteiger partial charge in [-0.2, -0.15) is 0 Å². The topological polar surface area (TPSA) is 41.5 Å². The zero-order valence-electron chi connectivity index (χ0n) is 10.3. The van der Waals surface area contributed by atoms with Gasteiger partial charge in [-0.25, -0.2) is 0 Å². The molecular weight excluding hydrogens is 190 g/mol. The summed E-state index contributed by atoms with van der Waals surface area (Å²) >= 11 is 0. The van der Waals surface area contributed by atoms with Gasteiger partial charge in [0.1, 0.15) is 0 Å². The van der Waals surface area contributed by atoms with Gasteiger partial charge in [0, 0.05) is 19.8 Å². The quantitative estimate of drug-likeness (QED) is 0.745. The second-order valence-electron chi connectivity index (χ2n) is 5.60. The minimum Gasteiger partial charge on any atom is -0.391 e. The van der Waals surface area contributed by atoms with E-state index in [2.05, 4.69) is 26.1 Å². The number of nitrogens with one attached hydrogen (secondary N) is 1. The summed E-state index contributed by atoms with van der Waals surface area (Å²) < 4.78 is 5.30. The molecule has 0 spiro atoms. The van der Waals surface area contributed by atoms with Crippen molar-refractivity contribution in [3.8, 4) is 0 Å². The molecule has 0 aromatic carbocycles. The zero-order valence-corrected chi connectivity index (χ0v) is 10.3. The Balaban J connectivity index is 2.10. The van der Waals surface area contributed by atoms with Crippen LogP contribution in [-0.2, 0) is 4.74 Å². The van der Waals surface area contributed by atoms with Gasteiger partial charge in [-0.3, -0.25) is 0 Å². The number of hydrogen-bond acceptors (Lipinski definition) is 3. The van der Waals surface area contributed by atoms with Crippen LogP contribution in [0.25, 0.3) is 0 Å². The Hall–Kier alpha value is -0.120. The van der Waals surface area contributed by atoms with Crippen LogP contribution in [0.4, 0.5) is 0 Å². The predicted molar refractivity (Wildman–Crippen MR) is 61.9 cm³/mol. The maximum absolute atomic E-state index is 9.83. The minimum absolute atomic E-state index is 0.0251. The Morgan fingerprint density at radius 2 is 1.93 bits per heavy atom. The molecule has 1 aliphatic heterocycles. The molecule has 1 unspecified atom stereocenters. The second kappa shape index (κ2) is 5.83. The van der Waals surface area contributed by atoms with Crippen LogP contribution in [0.2, 0.25) is 0 Å². The summed E-state index contributed by atoms with van der Waals surface area (Å²) in [4.78, 5) is 0. The highest BCUT2D eigenvalue weighted by Gasteiger charge is 2.22. The van der Waals surface area contributed by atoms with Crippen LogP contribution in [0.3, 0.4) is 0 Å². The zero-order chi connectivity index (χ0) is 11.3. The van der Waals surface area contributed by atoms with Crippen LogP contribution in [-0.4, -0.2) is 37.5 Å². The summed E-state index contributed by atoms with van der Waals surface area (Å²) in [5.41, 5.74) is -0.0251. The maximum Gasteiger partial charge on any atom is 0.0712 e. The summed E-state index contributed by atoms with van der Waals surface area (Å²) in [5.74, 6) is 0.728. The molecule has 2 N–H and O–H groups in total. The van der Waals surface area contributed by atoms with E-state index in [-0.39, 0.29) is 11.5 Å². The van der Waals surface area contributed by atoms with Gasteiger partial charge in [-0.05, 0) is 30.7 Å². The van der Waals surface area contributed by atoms with Crippen molar-refractivity contribution in [3.63, 3.8) is 0 Å². The highest BCUT2D eigenvalue weighted by molar-refractivity contribution is 4.75. The lowest BCUT2D eigenvalue weighted by molar-refractivity contribution is 0.0515. The van der Waals surface area contributed by atoms with Crippen molar-refractivity contribution in [2.75, 3.05) is 26.3 Å². The van der Waals surface area contributed by atoms with E-state index in [9.17, 15) is 5.11 Å². The highest BCUT2D eigenvalue weighted by atomic mass is 16.5. The molecular formula is C12H25NO2. The van der Waals surface area contributed by atoms with Crippen LogP contribution < -0.4 is 5.32 Å². The summed E-state index contributed by atoms with van der Waals surface area (Å²) in [7, 11) is 0. The molecule has 1 aliphatic rings. The Labute approximate surface area is 93.2 Å². The molecule has 1 atom stereocenters. The Kier molecular flexibility index (Phi) is 5.03. The predicted octanol–water partition coefficient (Wildman–Crippen LogP) is 1.41. The molecule has 90 valence electrons. The molecule has 0 bridgehead atoms. The van der Waals surface area contributed by atoms with E-state index in [1.807, 2.05) is 0 Å². The van der Waals surface area contributed by atoms with Crippen LogP contribution in [0, 0.1) is 11.3 Å². The van der Waals surface area contributed by atoms with Crippen molar-refractivity contribution < 1.29 is 9.84 Å². The van der Waals surface area contributed by atoms with Crippen molar-refractivity contribution in [3.05, 3.63) is 0 Å². The van der Waals surface area contributed by atoms with Gasteiger partial charge in [0.15, 0.2) is 0 Å². The first-order valence-electron chi connectivity index (χ1n) is 5.96. The van der Waals surface area contributed by atoms with E-state index in [1.54, 1.807) is 0 Å². The lowest BCUT2D eigenvalue weighted by atomic mass is 9.89. The van der Waals surface area contributed by atoms with Crippen molar-refractivity contribution in [1.29, 1.82) is 0 Å². The summed E-state index contributed by atoms with van der Waals surface area (Å²) in [6, 6.07) is 0. The molecule has 1 rings (SSSR count). The van der Waals surface area contributed by atoms with E-state index in [0.717, 1.165) is 38.5 Å². The Bertz CT molecular complexity index is 171. The highest BCUT2D eigenvalue weighted by Crippen LogP contribution is 2.18. The van der Waals surface area contributed by atoms with Gasteiger partial charge >= 0.3 is 0 Å². The first kappa shape index (κ1) is 12.9. The third kappa shape index (κ3) is 4.96. The van der Waals surface area contributed by atoms with Gasteiger partial charge in [0.25, 0.3) is 0 Å². The van der Waals surface area contributed by atoms with Crippen molar-refractivity contribution in [2.45, 2.75) is 39.7 Å². The molecule has 1 fully saturated rings. The first-order valence-corrected chi connectivity index (χ1v) is 5.96. The van der Waals surface area contributed by atoms with Crippen LogP contribution >= 0.6 is 0 Å². The molecule has 15 heavy (non-hydrogen) atoms. The van der Waals surface area contributed by atoms with Crippen molar-refractivity contribution in [2.24, 2.45) is 11.3 Å². The normalized spacial score (nSPS) is 21.6. The molecule has 0 aromatic rings. The third-order valence-electron chi connectivity index (χ3n) is 3.11. The number of ether oxygens (including phenoxy) is 1. The van der Waals surface area contributed by atoms with Crippen molar-refractivity contribution >= 4 is 0 Å². The lowest BCUT2D eigenvalue weighted by Gasteiger charge is -2.28. The van der Waals surface area contributed by atoms with Crippen LogP contribution in [0.15, 0.2) is 0 Å². The Morgan fingerprint density at radius 1 is 1.33 bits per heavy atom. The fraction of sp³-hybridized carbons (Fsp3) is 1.00. The lowest BCUT2D eigenvalue weighted by Crippen LogP contribution is -2.39. The van der Waals surface area contributed by atoms with E-state index in [1.165, 1.54) is 0 Å². The smallest absolute Gasteiger partial charge is 0.0712 e. The standard InChI is InChI=1S/C12H25NO2/c1-12(2,3)11(14)9-13-8-10-4-6-15-7-5-10/h10-11,13-14H,4-9H2,1-3H3. The number of aliphatic hydroxyl groups is 1. The first-order chi connectivity index (χ1) is 7.00. The number of aliphatic hydroxyl groups excluding tert-OH is 1. The largest absolute Gasteiger partial charge is 0.391 e. The molecule has 1 saturated heterocycles. The monoisotopic (exact) mass is 215 g/mol. The summed E-state index contributed by atoms with van der Waals surface area (Å²) in [5, 5.41) is 13.2. The second-order valence-corrected chi connectivity index (χ2v) is 5.60. The molecule has 3 nitrogen and oxygen atoms in total. The van der Waals surface area contributed by atoms with Gasteiger partial charge in [-0.15, -0.1) is 0 Å². The van der Waals surface area contributed by atoms with Crippen LogP contribution in [0.1, 0.15) is 33.6 Å². The number of hydrogen-bond donors (Lipinski definition) is 2.